The van der Waals surface area contributed by atoms with Crippen molar-refractivity contribution in [2.75, 3.05) is 0 Å². The number of aliphatic carboxylic acids is 6. The van der Waals surface area contributed by atoms with Gasteiger partial charge in [-0.3, -0.25) is 0 Å². The molecule has 0 aromatic carbocycles. The van der Waals surface area contributed by atoms with Crippen molar-refractivity contribution in [1.82, 2.24) is 59.8 Å². The van der Waals surface area contributed by atoms with Crippen LogP contribution in [-0.4, -0.2) is 95.6 Å². The van der Waals surface area contributed by atoms with Gasteiger partial charge in [-0.1, -0.05) is 41.5 Å². The van der Waals surface area contributed by atoms with Crippen LogP contribution >= 0.6 is 0 Å². The summed E-state index contributed by atoms with van der Waals surface area (Å²) in [5.41, 5.74) is 44.8. The number of carbonyl (C=O) groups is 6. The van der Waals surface area contributed by atoms with Crippen LogP contribution in [0, 0.1) is 41.5 Å². The fraction of sp³-hybridized carbons (Fsp3) is 0.353. The number of rotatable bonds is 24. The molecule has 0 fully saturated rings. The molecule has 6 aliphatic rings. The number of carboxylic acid groups (broad SMARTS) is 6. The van der Waals surface area contributed by atoms with Gasteiger partial charge in [0.1, 0.15) is 0 Å². The van der Waals surface area contributed by atoms with Crippen LogP contribution in [0.4, 0.5) is 0 Å². The quantitative estimate of drug-likeness (QED) is 0.0327. The van der Waals surface area contributed by atoms with Crippen molar-refractivity contribution in [2.45, 2.75) is 240 Å². The number of aromatic nitrogens is 12. The maximum absolute atomic E-state index is 11.4. The third-order valence-electron chi connectivity index (χ3n) is 26.0. The number of allylic oxidation sites excluding steroid dienone is 12. The summed E-state index contributed by atoms with van der Waals surface area (Å²) in [4.78, 5) is 120. The minimum absolute atomic E-state index is 0. The molecule has 24 bridgehead atoms. The molecule has 666 valence electrons. The molecule has 9 aromatic heterocycles. The summed E-state index contributed by atoms with van der Waals surface area (Å²) in [5.74, 6) is -6.75. The first-order valence-corrected chi connectivity index (χ1v) is 43.7. The standard InChI is InChI=1S/3C34H38N4O4.2Co/c3*1-7-21-17(3)25-13-26-19(5)23(9-11-33(39)40)31(37-26)16-32-24(10-12-34(41)42)20(6)28(38-32)15-30-22(8-2)18(4)27(36-30)14-29(21)35-25;;/h3*13-16,35-36H,7-12H2,1-6H3,(H,39,40)(H,41,42);;/q;;;2*+3/p-6. The van der Waals surface area contributed by atoms with Gasteiger partial charge >= 0.3 is 33.6 Å². The number of nitrogens with zero attached hydrogens (tertiary/aromatic N) is 6. The molecule has 24 nitrogen and oxygen atoms in total. The molecular weight excluding hydrogens is 1700 g/mol. The Balaban J connectivity index is 0.000000185. The van der Waals surface area contributed by atoms with Crippen molar-refractivity contribution in [3.05, 3.63) is 208 Å². The van der Waals surface area contributed by atoms with Crippen LogP contribution in [0.3, 0.4) is 0 Å². The van der Waals surface area contributed by atoms with Crippen LogP contribution in [0.25, 0.3) is 133 Å². The zero-order valence-electron chi connectivity index (χ0n) is 75.9. The molecule has 15 heterocycles. The monoisotopic (exact) mass is 1810 g/mol. The Bertz CT molecular complexity index is 6220. The zero-order valence-corrected chi connectivity index (χ0v) is 78.0. The third-order valence-corrected chi connectivity index (χ3v) is 26.0. The maximum atomic E-state index is 11.4. The second-order valence-electron chi connectivity index (χ2n) is 33.3. The predicted octanol–water partition coefficient (Wildman–Crippen LogP) is 14.9. The van der Waals surface area contributed by atoms with E-state index in [1.54, 1.807) is 0 Å². The van der Waals surface area contributed by atoms with E-state index >= 15 is 0 Å². The number of aromatic amines is 6. The van der Waals surface area contributed by atoms with Crippen molar-refractivity contribution in [3.8, 4) is 0 Å². The molecule has 0 unspecified atom stereocenters. The summed E-state index contributed by atoms with van der Waals surface area (Å²) < 4.78 is 0. The molecule has 0 radical (unpaired) electrons. The normalized spacial score (nSPS) is 13.1. The average Bonchev–Trinajstić information content (AvgIpc) is 1.62. The van der Waals surface area contributed by atoms with Crippen LogP contribution in [0.5, 0.6) is 0 Å². The maximum Gasteiger partial charge on any atom is 3.00 e. The van der Waals surface area contributed by atoms with Crippen molar-refractivity contribution >= 4 is 169 Å². The molecule has 26 heteroatoms. The number of aryl methyl sites for hydroxylation is 12. The number of hydrogen-bond acceptors (Lipinski definition) is 18. The van der Waals surface area contributed by atoms with Crippen LogP contribution < -0.4 is 30.6 Å². The Morgan fingerprint density at radius 3 is 0.484 bits per heavy atom. The molecule has 0 aliphatic carbocycles. The van der Waals surface area contributed by atoms with Gasteiger partial charge in [-0.15, -0.1) is 0 Å². The van der Waals surface area contributed by atoms with Crippen molar-refractivity contribution in [3.63, 3.8) is 0 Å². The molecule has 0 atom stereocenters. The topological polar surface area (TPSA) is 413 Å². The summed E-state index contributed by atoms with van der Waals surface area (Å²) >= 11 is 0. The van der Waals surface area contributed by atoms with Gasteiger partial charge in [0.15, 0.2) is 0 Å². The minimum Gasteiger partial charge on any atom is -0.550 e. The number of hydrogen-bond donors (Lipinski definition) is 6. The predicted molar refractivity (Wildman–Crippen MR) is 488 cm³/mol. The Morgan fingerprint density at radius 2 is 0.344 bits per heavy atom. The van der Waals surface area contributed by atoms with Gasteiger partial charge in [-0.05, 0) is 405 Å². The smallest absolute Gasteiger partial charge is 0.550 e. The largest absolute Gasteiger partial charge is 3.00 e. The second-order valence-corrected chi connectivity index (χ2v) is 33.3. The number of fused-ring (bicyclic) bond motifs is 24. The summed E-state index contributed by atoms with van der Waals surface area (Å²) in [5, 5.41) is 68.5. The first kappa shape index (κ1) is 96.3. The van der Waals surface area contributed by atoms with Crippen LogP contribution in [0.2, 0.25) is 0 Å². The molecule has 0 amide bonds. The van der Waals surface area contributed by atoms with E-state index in [-0.39, 0.29) is 111 Å². The van der Waals surface area contributed by atoms with E-state index in [1.807, 2.05) is 96.1 Å². The van der Waals surface area contributed by atoms with E-state index in [4.69, 9.17) is 29.9 Å². The summed E-state index contributed by atoms with van der Waals surface area (Å²) in [6.45, 7) is 37.3. The summed E-state index contributed by atoms with van der Waals surface area (Å²) in [6, 6.07) is 24.3. The zero-order chi connectivity index (χ0) is 90.9. The fourth-order valence-corrected chi connectivity index (χ4v) is 18.6. The van der Waals surface area contributed by atoms with Gasteiger partial charge in [0.25, 0.3) is 0 Å². The SMILES string of the molecule is CCc1c(C)c2cc3[nH]c(cc4nc(cc5nc(cc1[nH]2)C(C)=C5CCC(=O)[O-])C(CCC(=O)[O-])=C4C)c(C)c3CC.CCc1c(C)c2cc3[nH]c(cc4nc(cc5nc(cc1[nH]2)C(C)=C5CCC(=O)[O-])C(CCC(=O)[O-])=C4C)c(C)c3CC.CCc1c(C)c2cc3[nH]c(cc4nc(cc5nc(cc1[nH]2)C(C)=C5CCC(=O)[O-])C(CCC(=O)[O-])=C4C)c(C)c3CC.[Co+3].[Co+3]. The van der Waals surface area contributed by atoms with E-state index in [0.717, 1.165) is 222 Å². The van der Waals surface area contributed by atoms with E-state index in [9.17, 15) is 59.4 Å². The third kappa shape index (κ3) is 19.8. The number of carbonyl (C=O) groups excluding carboxylic acids is 6. The number of H-pyrrole nitrogens is 6. The molecule has 6 aliphatic heterocycles. The second kappa shape index (κ2) is 40.3. The minimum atomic E-state index is -1.13. The van der Waals surface area contributed by atoms with Gasteiger partial charge in [0, 0.05) is 102 Å². The first-order valence-electron chi connectivity index (χ1n) is 43.7. The number of carboxylic acids is 6. The average molecular weight is 1810 g/mol. The molecule has 6 N–H and O–H groups in total. The fourth-order valence-electron chi connectivity index (χ4n) is 18.6. The summed E-state index contributed by atoms with van der Waals surface area (Å²) in [6.07, 6.45) is 5.88. The Labute approximate surface area is 764 Å². The van der Waals surface area contributed by atoms with Crippen LogP contribution in [-0.2, 0) is 101 Å². The van der Waals surface area contributed by atoms with E-state index in [2.05, 4.69) is 131 Å². The van der Waals surface area contributed by atoms with Gasteiger partial charge in [-0.2, -0.15) is 0 Å². The first-order chi connectivity index (χ1) is 60.0. The molecule has 15 rings (SSSR count). The molecule has 0 saturated carbocycles. The van der Waals surface area contributed by atoms with Gasteiger partial charge in [0.2, 0.25) is 0 Å². The van der Waals surface area contributed by atoms with Gasteiger partial charge < -0.3 is 89.3 Å². The van der Waals surface area contributed by atoms with Crippen LogP contribution in [0.1, 0.15) is 295 Å². The van der Waals surface area contributed by atoms with Crippen molar-refractivity contribution in [2.24, 2.45) is 0 Å². The van der Waals surface area contributed by atoms with Crippen LogP contribution in [0.15, 0.2) is 72.8 Å². The van der Waals surface area contributed by atoms with Crippen molar-refractivity contribution < 1.29 is 93.0 Å². The molecule has 0 spiro atoms. The van der Waals surface area contributed by atoms with E-state index in [1.165, 1.54) is 50.1 Å². The molecule has 0 saturated heterocycles. The molecular formula is C102H108Co2N12O12. The van der Waals surface area contributed by atoms with E-state index < -0.39 is 35.8 Å². The van der Waals surface area contributed by atoms with Gasteiger partial charge in [-0.25, -0.2) is 29.9 Å². The Morgan fingerprint density at radius 1 is 0.211 bits per heavy atom. The molecule has 128 heavy (non-hydrogen) atoms. The van der Waals surface area contributed by atoms with Crippen molar-refractivity contribution in [1.29, 1.82) is 0 Å². The Kier molecular flexibility index (Phi) is 30.3. The van der Waals surface area contributed by atoms with Gasteiger partial charge in [0.05, 0.1) is 68.3 Å². The molecule has 9 aromatic rings. The number of nitrogens with one attached hydrogen (secondary N) is 6. The Hall–Kier alpha value is -12.4. The summed E-state index contributed by atoms with van der Waals surface area (Å²) in [7, 11) is 0. The van der Waals surface area contributed by atoms with E-state index in [0.29, 0.717) is 34.2 Å².